The lowest BCUT2D eigenvalue weighted by atomic mass is 10.1. The van der Waals surface area contributed by atoms with E-state index in [1.54, 1.807) is 36.4 Å². The van der Waals surface area contributed by atoms with Crippen LogP contribution in [0.5, 0.6) is 5.75 Å². The Morgan fingerprint density at radius 2 is 1.58 bits per heavy atom. The van der Waals surface area contributed by atoms with Crippen LogP contribution in [0.4, 0.5) is 10.1 Å². The summed E-state index contributed by atoms with van der Waals surface area (Å²) in [5, 5.41) is 5.84. The van der Waals surface area contributed by atoms with Crippen molar-refractivity contribution in [2.45, 2.75) is 6.92 Å². The third kappa shape index (κ3) is 6.07. The van der Waals surface area contributed by atoms with E-state index in [0.717, 1.165) is 11.6 Å². The van der Waals surface area contributed by atoms with E-state index in [4.69, 9.17) is 4.74 Å². The number of ether oxygens (including phenoxy) is 1. The van der Waals surface area contributed by atoms with Gasteiger partial charge in [0, 0.05) is 0 Å². The molecule has 0 heterocycles. The minimum absolute atomic E-state index is 0.109. The summed E-state index contributed by atoms with van der Waals surface area (Å²) in [6.07, 6.45) is 1.31. The lowest BCUT2D eigenvalue weighted by Gasteiger charge is -2.05. The highest BCUT2D eigenvalue weighted by atomic mass is 19.1. The number of nitrogens with one attached hydrogen (secondary N) is 2. The van der Waals surface area contributed by atoms with Gasteiger partial charge >= 0.3 is 17.8 Å². The van der Waals surface area contributed by atoms with Gasteiger partial charge in [0.15, 0.2) is 0 Å². The summed E-state index contributed by atoms with van der Waals surface area (Å²) in [7, 11) is 0. The summed E-state index contributed by atoms with van der Waals surface area (Å²) in [5.74, 6) is -2.90. The maximum atomic E-state index is 13.5. The predicted molar refractivity (Wildman–Crippen MR) is 113 cm³/mol. The largest absolute Gasteiger partial charge is 0.423 e. The lowest BCUT2D eigenvalue weighted by molar-refractivity contribution is -0.136. The number of aryl methyl sites for hydroxylation is 1. The predicted octanol–water partition coefficient (Wildman–Crippen LogP) is 3.44. The first-order chi connectivity index (χ1) is 14.9. The highest BCUT2D eigenvalue weighted by Crippen LogP contribution is 2.14. The summed E-state index contributed by atoms with van der Waals surface area (Å²) in [6, 6.07) is 18.9. The molecule has 0 aromatic heterocycles. The molecule has 0 aliphatic heterocycles. The number of rotatable bonds is 5. The zero-order valence-corrected chi connectivity index (χ0v) is 16.5. The summed E-state index contributed by atoms with van der Waals surface area (Å²) in [5.41, 5.74) is 4.01. The number of halogens is 1. The smallest absolute Gasteiger partial charge is 0.343 e. The molecule has 8 heteroatoms. The van der Waals surface area contributed by atoms with E-state index in [1.807, 2.05) is 19.1 Å². The second-order valence-corrected chi connectivity index (χ2v) is 6.46. The first kappa shape index (κ1) is 21.4. The van der Waals surface area contributed by atoms with Gasteiger partial charge in [-0.3, -0.25) is 9.59 Å². The number of para-hydroxylation sites is 1. The van der Waals surface area contributed by atoms with Crippen molar-refractivity contribution in [1.29, 1.82) is 0 Å². The van der Waals surface area contributed by atoms with Crippen molar-refractivity contribution >= 4 is 29.7 Å². The van der Waals surface area contributed by atoms with Crippen molar-refractivity contribution in [3.05, 3.63) is 95.3 Å². The zero-order chi connectivity index (χ0) is 22.2. The molecule has 7 nitrogen and oxygen atoms in total. The number of hydrogen-bond acceptors (Lipinski definition) is 5. The highest BCUT2D eigenvalue weighted by Gasteiger charge is 2.14. The molecule has 0 bridgehead atoms. The van der Waals surface area contributed by atoms with Crippen LogP contribution < -0.4 is 15.5 Å². The molecule has 0 spiro atoms. The van der Waals surface area contributed by atoms with E-state index in [0.29, 0.717) is 16.9 Å². The second-order valence-electron chi connectivity index (χ2n) is 6.46. The van der Waals surface area contributed by atoms with Crippen LogP contribution in [-0.2, 0) is 9.59 Å². The molecule has 0 saturated heterocycles. The van der Waals surface area contributed by atoms with Crippen LogP contribution in [0.3, 0.4) is 0 Å². The van der Waals surface area contributed by atoms with Crippen LogP contribution in [0.25, 0.3) is 0 Å². The molecular weight excluding hydrogens is 401 g/mol. The monoisotopic (exact) mass is 419 g/mol. The van der Waals surface area contributed by atoms with E-state index >= 15 is 0 Å². The fraction of sp³-hybridized carbons (Fsp3) is 0.0435. The average Bonchev–Trinajstić information content (AvgIpc) is 2.77. The number of carbonyl (C=O) groups is 3. The minimum atomic E-state index is -1.05. The molecule has 0 saturated carbocycles. The molecule has 0 aliphatic rings. The van der Waals surface area contributed by atoms with Crippen LogP contribution in [0, 0.1) is 12.7 Å². The van der Waals surface area contributed by atoms with Crippen LogP contribution in [0.15, 0.2) is 77.9 Å². The van der Waals surface area contributed by atoms with Crippen LogP contribution in [-0.4, -0.2) is 24.0 Å². The van der Waals surface area contributed by atoms with Gasteiger partial charge in [-0.05, 0) is 61.0 Å². The quantitative estimate of drug-likeness (QED) is 0.218. The lowest BCUT2D eigenvalue weighted by Crippen LogP contribution is -2.32. The van der Waals surface area contributed by atoms with Crippen molar-refractivity contribution in [2.24, 2.45) is 5.10 Å². The van der Waals surface area contributed by atoms with Gasteiger partial charge in [-0.1, -0.05) is 29.8 Å². The molecule has 3 aromatic rings. The van der Waals surface area contributed by atoms with E-state index in [1.165, 1.54) is 24.4 Å². The van der Waals surface area contributed by atoms with Crippen molar-refractivity contribution in [3.63, 3.8) is 0 Å². The molecule has 2 amide bonds. The number of amides is 2. The van der Waals surface area contributed by atoms with Gasteiger partial charge in [0.1, 0.15) is 11.6 Å². The molecule has 31 heavy (non-hydrogen) atoms. The SMILES string of the molecule is Cc1ccc(C(=O)Oc2ccc(/C=N/NC(=O)C(=O)Nc3ccccc3F)cc2)cc1. The normalized spacial score (nSPS) is 10.5. The zero-order valence-electron chi connectivity index (χ0n) is 16.5. The van der Waals surface area contributed by atoms with Crippen molar-refractivity contribution in [1.82, 2.24) is 5.43 Å². The minimum Gasteiger partial charge on any atom is -0.423 e. The average molecular weight is 419 g/mol. The standard InChI is InChI=1S/C23H18FN3O4/c1-15-6-10-17(11-7-15)23(30)31-18-12-8-16(9-13-18)14-25-27-22(29)21(28)26-20-5-3-2-4-19(20)24/h2-14H,1H3,(H,26,28)(H,27,29)/b25-14+. The maximum Gasteiger partial charge on any atom is 0.343 e. The Morgan fingerprint density at radius 1 is 0.903 bits per heavy atom. The molecule has 0 radical (unpaired) electrons. The van der Waals surface area contributed by atoms with E-state index < -0.39 is 23.6 Å². The van der Waals surface area contributed by atoms with E-state index in [2.05, 4.69) is 15.8 Å². The van der Waals surface area contributed by atoms with Gasteiger partial charge in [0.25, 0.3) is 0 Å². The first-order valence-corrected chi connectivity index (χ1v) is 9.20. The number of esters is 1. The topological polar surface area (TPSA) is 96.9 Å². The third-order valence-electron chi connectivity index (χ3n) is 4.09. The van der Waals surface area contributed by atoms with Gasteiger partial charge in [-0.15, -0.1) is 0 Å². The molecule has 3 rings (SSSR count). The number of hydrogen-bond donors (Lipinski definition) is 2. The molecule has 156 valence electrons. The number of hydrazone groups is 1. The van der Waals surface area contributed by atoms with Gasteiger partial charge < -0.3 is 10.1 Å². The Hall–Kier alpha value is -4.33. The fourth-order valence-corrected chi connectivity index (χ4v) is 2.44. The van der Waals surface area contributed by atoms with E-state index in [9.17, 15) is 18.8 Å². The molecule has 0 fully saturated rings. The Bertz CT molecular complexity index is 1130. The van der Waals surface area contributed by atoms with Crippen molar-refractivity contribution in [3.8, 4) is 5.75 Å². The van der Waals surface area contributed by atoms with Crippen LogP contribution in [0.2, 0.25) is 0 Å². The number of nitrogens with zero attached hydrogens (tertiary/aromatic N) is 1. The summed E-state index contributed by atoms with van der Waals surface area (Å²) in [6.45, 7) is 1.92. The molecular formula is C23H18FN3O4. The van der Waals surface area contributed by atoms with Crippen molar-refractivity contribution in [2.75, 3.05) is 5.32 Å². The summed E-state index contributed by atoms with van der Waals surface area (Å²) >= 11 is 0. The molecule has 3 aromatic carbocycles. The maximum absolute atomic E-state index is 13.5. The second kappa shape index (κ2) is 9.93. The van der Waals surface area contributed by atoms with Gasteiger partial charge in [0.05, 0.1) is 17.5 Å². The number of benzene rings is 3. The number of anilines is 1. The Labute approximate surface area is 177 Å². The summed E-state index contributed by atoms with van der Waals surface area (Å²) in [4.78, 5) is 35.7. The van der Waals surface area contributed by atoms with E-state index in [-0.39, 0.29) is 5.69 Å². The van der Waals surface area contributed by atoms with Gasteiger partial charge in [-0.2, -0.15) is 5.10 Å². The summed E-state index contributed by atoms with van der Waals surface area (Å²) < 4.78 is 18.8. The number of carbonyl (C=O) groups excluding carboxylic acids is 3. The fourth-order valence-electron chi connectivity index (χ4n) is 2.44. The van der Waals surface area contributed by atoms with Crippen LogP contribution >= 0.6 is 0 Å². The Balaban J connectivity index is 1.51. The van der Waals surface area contributed by atoms with Gasteiger partial charge in [-0.25, -0.2) is 14.6 Å². The highest BCUT2D eigenvalue weighted by molar-refractivity contribution is 6.39. The van der Waals surface area contributed by atoms with Gasteiger partial charge in [0.2, 0.25) is 0 Å². The Kier molecular flexibility index (Phi) is 6.85. The first-order valence-electron chi connectivity index (χ1n) is 9.20. The molecule has 0 unspecified atom stereocenters. The van der Waals surface area contributed by atoms with Crippen LogP contribution in [0.1, 0.15) is 21.5 Å². The van der Waals surface area contributed by atoms with Crippen molar-refractivity contribution < 1.29 is 23.5 Å². The third-order valence-corrected chi connectivity index (χ3v) is 4.09. The Morgan fingerprint density at radius 3 is 2.26 bits per heavy atom. The molecule has 0 aliphatic carbocycles. The molecule has 2 N–H and O–H groups in total. The molecule has 0 atom stereocenters.